The Bertz CT molecular complexity index is 1150. The second-order valence-corrected chi connectivity index (χ2v) is 8.28. The third kappa shape index (κ3) is 4.26. The largest absolute Gasteiger partial charge is 0.488 e. The fourth-order valence-electron chi connectivity index (χ4n) is 3.12. The van der Waals surface area contributed by atoms with Crippen LogP contribution in [-0.2, 0) is 6.61 Å². The van der Waals surface area contributed by atoms with Crippen LogP contribution in [0.3, 0.4) is 0 Å². The number of amides is 1. The minimum absolute atomic E-state index is 0.182. The lowest BCUT2D eigenvalue weighted by Crippen LogP contribution is -2.11. The maximum atomic E-state index is 12.6. The maximum Gasteiger partial charge on any atom is 0.255 e. The highest BCUT2D eigenvalue weighted by Crippen LogP contribution is 2.38. The van der Waals surface area contributed by atoms with Crippen molar-refractivity contribution in [2.24, 2.45) is 0 Å². The number of hydrogen-bond acceptors (Lipinski definition) is 5. The average Bonchev–Trinajstić information content (AvgIpc) is 3.27. The Morgan fingerprint density at radius 2 is 2.00 bits per heavy atom. The van der Waals surface area contributed by atoms with Crippen molar-refractivity contribution in [1.82, 2.24) is 15.2 Å². The molecule has 30 heavy (non-hydrogen) atoms. The van der Waals surface area contributed by atoms with Crippen molar-refractivity contribution < 1.29 is 9.53 Å². The quantitative estimate of drug-likeness (QED) is 0.432. The van der Waals surface area contributed by atoms with Gasteiger partial charge < -0.3 is 10.1 Å². The standard InChI is InChI=1S/C23H20N4O2S/c28-23(17-3-1-4-19(13-17)29-14-20-5-2-12-30-20)24-18-10-8-16(9-11-18)22-25-21(26-27-22)15-6-7-15/h1-5,8-13,15H,6-7,14H2,(H,24,28)(H,25,26,27). The topological polar surface area (TPSA) is 79.9 Å². The monoisotopic (exact) mass is 416 g/mol. The van der Waals surface area contributed by atoms with Gasteiger partial charge in [-0.25, -0.2) is 4.98 Å². The molecule has 0 spiro atoms. The van der Waals surface area contributed by atoms with Gasteiger partial charge in [0.1, 0.15) is 18.2 Å². The van der Waals surface area contributed by atoms with Crippen molar-refractivity contribution in [3.63, 3.8) is 0 Å². The van der Waals surface area contributed by atoms with Crippen LogP contribution in [-0.4, -0.2) is 21.1 Å². The molecule has 0 unspecified atom stereocenters. The average molecular weight is 417 g/mol. The molecule has 0 radical (unpaired) electrons. The number of ether oxygens (including phenoxy) is 1. The first-order valence-electron chi connectivity index (χ1n) is 9.84. The van der Waals surface area contributed by atoms with Gasteiger partial charge in [0.2, 0.25) is 0 Å². The van der Waals surface area contributed by atoms with E-state index in [-0.39, 0.29) is 5.91 Å². The molecule has 0 bridgehead atoms. The van der Waals surface area contributed by atoms with Gasteiger partial charge >= 0.3 is 0 Å². The van der Waals surface area contributed by atoms with Gasteiger partial charge in [-0.1, -0.05) is 12.1 Å². The number of aromatic amines is 1. The first-order chi connectivity index (χ1) is 14.7. The number of aromatic nitrogens is 3. The number of hydrogen-bond donors (Lipinski definition) is 2. The Balaban J connectivity index is 1.23. The van der Waals surface area contributed by atoms with E-state index in [0.717, 1.165) is 16.3 Å². The molecule has 0 atom stereocenters. The fourth-order valence-corrected chi connectivity index (χ4v) is 3.74. The van der Waals surface area contributed by atoms with E-state index in [1.54, 1.807) is 23.5 Å². The summed E-state index contributed by atoms with van der Waals surface area (Å²) in [6.07, 6.45) is 2.36. The van der Waals surface area contributed by atoms with Gasteiger partial charge in [-0.05, 0) is 66.8 Å². The molecule has 5 rings (SSSR count). The van der Waals surface area contributed by atoms with E-state index in [1.165, 1.54) is 12.8 Å². The highest BCUT2D eigenvalue weighted by Gasteiger charge is 2.27. The molecule has 0 saturated heterocycles. The second-order valence-electron chi connectivity index (χ2n) is 7.25. The molecule has 2 aromatic heterocycles. The molecular formula is C23H20N4O2S. The summed E-state index contributed by atoms with van der Waals surface area (Å²) in [4.78, 5) is 18.3. The lowest BCUT2D eigenvalue weighted by atomic mass is 10.1. The molecule has 150 valence electrons. The van der Waals surface area contributed by atoms with Crippen molar-refractivity contribution in [1.29, 1.82) is 0 Å². The number of nitrogens with one attached hydrogen (secondary N) is 2. The second kappa shape index (κ2) is 8.12. The number of benzene rings is 2. The first kappa shape index (κ1) is 18.6. The molecule has 1 aliphatic rings. The Morgan fingerprint density at radius 3 is 2.77 bits per heavy atom. The summed E-state index contributed by atoms with van der Waals surface area (Å²) in [5, 5.41) is 12.3. The maximum absolute atomic E-state index is 12.6. The number of anilines is 1. The van der Waals surface area contributed by atoms with E-state index < -0.39 is 0 Å². The van der Waals surface area contributed by atoms with Crippen LogP contribution in [0.25, 0.3) is 11.4 Å². The number of nitrogens with zero attached hydrogens (tertiary/aromatic N) is 2. The van der Waals surface area contributed by atoms with Gasteiger partial charge in [-0.3, -0.25) is 9.89 Å². The molecule has 1 fully saturated rings. The van der Waals surface area contributed by atoms with Gasteiger partial charge in [0, 0.05) is 27.6 Å². The first-order valence-corrected chi connectivity index (χ1v) is 10.7. The number of rotatable bonds is 7. The zero-order chi connectivity index (χ0) is 20.3. The van der Waals surface area contributed by atoms with Gasteiger partial charge in [-0.15, -0.1) is 11.3 Å². The van der Waals surface area contributed by atoms with Crippen molar-refractivity contribution in [3.8, 4) is 17.1 Å². The summed E-state index contributed by atoms with van der Waals surface area (Å²) < 4.78 is 5.79. The van der Waals surface area contributed by atoms with Gasteiger partial charge in [0.25, 0.3) is 5.91 Å². The predicted octanol–water partition coefficient (Wildman–Crippen LogP) is 5.24. The number of thiophene rings is 1. The van der Waals surface area contributed by atoms with Crippen molar-refractivity contribution in [2.75, 3.05) is 5.32 Å². The summed E-state index contributed by atoms with van der Waals surface area (Å²) in [6.45, 7) is 0.494. The number of carbonyl (C=O) groups excluding carboxylic acids is 1. The van der Waals surface area contributed by atoms with Gasteiger partial charge in [0.15, 0.2) is 5.82 Å². The zero-order valence-electron chi connectivity index (χ0n) is 16.2. The molecule has 4 aromatic rings. The molecule has 1 amide bonds. The molecule has 2 N–H and O–H groups in total. The highest BCUT2D eigenvalue weighted by atomic mass is 32.1. The van der Waals surface area contributed by atoms with E-state index in [1.807, 2.05) is 53.9 Å². The molecule has 2 aromatic carbocycles. The van der Waals surface area contributed by atoms with Gasteiger partial charge in [-0.2, -0.15) is 5.10 Å². The summed E-state index contributed by atoms with van der Waals surface area (Å²) in [5.74, 6) is 2.67. The normalized spacial score (nSPS) is 13.2. The van der Waals surface area contributed by atoms with Crippen LogP contribution in [0.2, 0.25) is 0 Å². The van der Waals surface area contributed by atoms with E-state index in [2.05, 4.69) is 20.5 Å². The molecule has 2 heterocycles. The minimum Gasteiger partial charge on any atom is -0.488 e. The fraction of sp³-hybridized carbons (Fsp3) is 0.174. The lowest BCUT2D eigenvalue weighted by molar-refractivity contribution is 0.102. The third-order valence-corrected chi connectivity index (χ3v) is 5.78. The molecule has 6 nitrogen and oxygen atoms in total. The molecule has 1 saturated carbocycles. The van der Waals surface area contributed by atoms with E-state index in [0.29, 0.717) is 35.3 Å². The summed E-state index contributed by atoms with van der Waals surface area (Å²) >= 11 is 1.64. The summed E-state index contributed by atoms with van der Waals surface area (Å²) in [5.41, 5.74) is 2.18. The molecule has 1 aliphatic carbocycles. The predicted molar refractivity (Wildman–Crippen MR) is 117 cm³/mol. The van der Waals surface area contributed by atoms with Gasteiger partial charge in [0.05, 0.1) is 0 Å². The Morgan fingerprint density at radius 1 is 1.13 bits per heavy atom. The molecule has 7 heteroatoms. The molecule has 0 aliphatic heterocycles. The van der Waals surface area contributed by atoms with Crippen LogP contribution in [0.5, 0.6) is 5.75 Å². The lowest BCUT2D eigenvalue weighted by Gasteiger charge is -2.08. The minimum atomic E-state index is -0.182. The number of H-pyrrole nitrogens is 1. The number of carbonyl (C=O) groups is 1. The van der Waals surface area contributed by atoms with Crippen LogP contribution in [0.1, 0.15) is 39.8 Å². The van der Waals surface area contributed by atoms with E-state index in [9.17, 15) is 4.79 Å². The Labute approximate surface area is 178 Å². The molecular weight excluding hydrogens is 396 g/mol. The van der Waals surface area contributed by atoms with Crippen LogP contribution >= 0.6 is 11.3 Å². The van der Waals surface area contributed by atoms with Crippen LogP contribution in [0, 0.1) is 0 Å². The van der Waals surface area contributed by atoms with Crippen LogP contribution in [0.4, 0.5) is 5.69 Å². The van der Waals surface area contributed by atoms with Crippen LogP contribution < -0.4 is 10.1 Å². The Kier molecular flexibility index (Phi) is 5.03. The van der Waals surface area contributed by atoms with Crippen molar-refractivity contribution >= 4 is 22.9 Å². The smallest absolute Gasteiger partial charge is 0.255 e. The zero-order valence-corrected chi connectivity index (χ0v) is 17.0. The third-order valence-electron chi connectivity index (χ3n) is 4.93. The van der Waals surface area contributed by atoms with Crippen molar-refractivity contribution in [2.45, 2.75) is 25.4 Å². The van der Waals surface area contributed by atoms with Crippen LogP contribution in [0.15, 0.2) is 66.0 Å². The Hall–Kier alpha value is -3.45. The van der Waals surface area contributed by atoms with E-state index >= 15 is 0 Å². The van der Waals surface area contributed by atoms with E-state index in [4.69, 9.17) is 4.74 Å². The highest BCUT2D eigenvalue weighted by molar-refractivity contribution is 7.09. The summed E-state index contributed by atoms with van der Waals surface area (Å²) in [7, 11) is 0. The van der Waals surface area contributed by atoms with Crippen molar-refractivity contribution in [3.05, 3.63) is 82.3 Å². The SMILES string of the molecule is O=C(Nc1ccc(-c2n[nH]c(C3CC3)n2)cc1)c1cccc(OCc2cccs2)c1. The summed E-state index contributed by atoms with van der Waals surface area (Å²) in [6, 6.07) is 18.8.